The number of para-hydroxylation sites is 2. The lowest BCUT2D eigenvalue weighted by atomic mass is 10.2. The minimum Gasteiger partial charge on any atom is -0.395 e. The molecule has 6 nitrogen and oxygen atoms in total. The lowest BCUT2D eigenvalue weighted by molar-refractivity contribution is -0.128. The van der Waals surface area contributed by atoms with Gasteiger partial charge >= 0.3 is 0 Å². The van der Waals surface area contributed by atoms with E-state index in [0.29, 0.717) is 10.9 Å². The molecule has 0 unspecified atom stereocenters. The number of benzene rings is 2. The van der Waals surface area contributed by atoms with E-state index in [1.54, 1.807) is 18.2 Å². The van der Waals surface area contributed by atoms with Gasteiger partial charge in [-0.05, 0) is 24.3 Å². The van der Waals surface area contributed by atoms with Crippen LogP contribution in [0.4, 0.5) is 15.8 Å². The van der Waals surface area contributed by atoms with Crippen LogP contribution in [0.1, 0.15) is 6.42 Å². The molecule has 1 heterocycles. The number of aliphatic hydroxyl groups is 1. The van der Waals surface area contributed by atoms with Gasteiger partial charge in [0.15, 0.2) is 5.17 Å². The van der Waals surface area contributed by atoms with Crippen LogP contribution in [0.15, 0.2) is 59.6 Å². The van der Waals surface area contributed by atoms with Crippen molar-refractivity contribution in [2.24, 2.45) is 4.99 Å². The van der Waals surface area contributed by atoms with Gasteiger partial charge in [0, 0.05) is 6.42 Å². The topological polar surface area (TPSA) is 82.0 Å². The number of anilines is 1. The quantitative estimate of drug-likeness (QED) is 0.799. The number of amides is 2. The van der Waals surface area contributed by atoms with Crippen LogP contribution in [0, 0.1) is 5.82 Å². The summed E-state index contributed by atoms with van der Waals surface area (Å²) in [6.45, 7) is -0.114. The molecule has 27 heavy (non-hydrogen) atoms. The van der Waals surface area contributed by atoms with E-state index >= 15 is 0 Å². The predicted molar refractivity (Wildman–Crippen MR) is 103 cm³/mol. The van der Waals surface area contributed by atoms with Crippen LogP contribution in [0.3, 0.4) is 0 Å². The first-order valence-corrected chi connectivity index (χ1v) is 9.23. The molecule has 0 aromatic heterocycles. The molecule has 0 aliphatic carbocycles. The Labute approximate surface area is 160 Å². The maximum atomic E-state index is 13.7. The number of aliphatic hydroxyl groups excluding tert-OH is 1. The summed E-state index contributed by atoms with van der Waals surface area (Å²) in [6, 6.07) is 15.0. The number of halogens is 1. The zero-order valence-corrected chi connectivity index (χ0v) is 15.2. The molecule has 0 bridgehead atoms. The fourth-order valence-electron chi connectivity index (χ4n) is 2.58. The number of carbonyl (C=O) groups excluding carboxylic acids is 2. The maximum Gasteiger partial charge on any atom is 0.242 e. The van der Waals surface area contributed by atoms with Crippen molar-refractivity contribution in [3.05, 3.63) is 60.4 Å². The normalized spacial score (nSPS) is 18.1. The van der Waals surface area contributed by atoms with Gasteiger partial charge < -0.3 is 10.4 Å². The Morgan fingerprint density at radius 1 is 1.19 bits per heavy atom. The first-order valence-electron chi connectivity index (χ1n) is 8.35. The second-order valence-corrected chi connectivity index (χ2v) is 6.95. The number of aliphatic imine (C=N–C) groups is 1. The molecule has 1 aliphatic heterocycles. The monoisotopic (exact) mass is 387 g/mol. The number of nitrogens with zero attached hydrogens (tertiary/aromatic N) is 2. The predicted octanol–water partition coefficient (Wildman–Crippen LogP) is 2.78. The van der Waals surface area contributed by atoms with Crippen LogP contribution >= 0.6 is 11.8 Å². The third-order valence-electron chi connectivity index (χ3n) is 3.84. The van der Waals surface area contributed by atoms with Gasteiger partial charge in [-0.25, -0.2) is 9.38 Å². The molecule has 2 aromatic rings. The molecule has 2 N–H and O–H groups in total. The smallest absolute Gasteiger partial charge is 0.242 e. The second-order valence-electron chi connectivity index (χ2n) is 5.78. The van der Waals surface area contributed by atoms with Crippen molar-refractivity contribution < 1.29 is 19.1 Å². The maximum absolute atomic E-state index is 13.7. The van der Waals surface area contributed by atoms with Crippen LogP contribution in [0.25, 0.3) is 0 Å². The molecule has 8 heteroatoms. The third kappa shape index (κ3) is 4.72. The van der Waals surface area contributed by atoms with Gasteiger partial charge in [0.2, 0.25) is 11.8 Å². The first kappa shape index (κ1) is 19.1. The fraction of sp³-hybridized carbons (Fsp3) is 0.211. The van der Waals surface area contributed by atoms with Crippen molar-refractivity contribution in [3.63, 3.8) is 0 Å². The number of rotatable bonds is 6. The summed E-state index contributed by atoms with van der Waals surface area (Å²) >= 11 is 1.17. The molecule has 3 rings (SSSR count). The van der Waals surface area contributed by atoms with E-state index < -0.39 is 17.0 Å². The number of hydrogen-bond donors (Lipinski definition) is 2. The fourth-order valence-corrected chi connectivity index (χ4v) is 3.76. The zero-order chi connectivity index (χ0) is 19.2. The summed E-state index contributed by atoms with van der Waals surface area (Å²) in [6.07, 6.45) is -0.117. The summed E-state index contributed by atoms with van der Waals surface area (Å²) in [5.74, 6) is -1.30. The number of thioether (sulfide) groups is 1. The molecule has 0 saturated carbocycles. The van der Waals surface area contributed by atoms with E-state index in [9.17, 15) is 19.1 Å². The SMILES string of the molecule is O=C(C[C@H]1SC(=Nc2ccccc2)N(CCO)C1=O)Nc1ccccc1F. The molecule has 1 saturated heterocycles. The van der Waals surface area contributed by atoms with Crippen LogP contribution in [-0.2, 0) is 9.59 Å². The van der Waals surface area contributed by atoms with Crippen molar-refractivity contribution in [3.8, 4) is 0 Å². The Balaban J connectivity index is 1.72. The van der Waals surface area contributed by atoms with E-state index in [0.717, 1.165) is 0 Å². The summed E-state index contributed by atoms with van der Waals surface area (Å²) in [5, 5.41) is 11.5. The molecular formula is C19H18FN3O3S. The summed E-state index contributed by atoms with van der Waals surface area (Å²) in [4.78, 5) is 30.7. The van der Waals surface area contributed by atoms with Crippen LogP contribution in [-0.4, -0.2) is 45.4 Å². The average molecular weight is 387 g/mol. The van der Waals surface area contributed by atoms with Crippen molar-refractivity contribution in [2.45, 2.75) is 11.7 Å². The highest BCUT2D eigenvalue weighted by Gasteiger charge is 2.38. The van der Waals surface area contributed by atoms with Crippen LogP contribution in [0.2, 0.25) is 0 Å². The highest BCUT2D eigenvalue weighted by molar-refractivity contribution is 8.15. The minimum atomic E-state index is -0.675. The van der Waals surface area contributed by atoms with Crippen molar-refractivity contribution in [2.75, 3.05) is 18.5 Å². The van der Waals surface area contributed by atoms with Crippen molar-refractivity contribution in [1.29, 1.82) is 0 Å². The first-order chi connectivity index (χ1) is 13.1. The van der Waals surface area contributed by atoms with Gasteiger partial charge in [-0.3, -0.25) is 14.5 Å². The molecule has 2 aromatic carbocycles. The Bertz CT molecular complexity index is 860. The lowest BCUT2D eigenvalue weighted by Crippen LogP contribution is -2.35. The van der Waals surface area contributed by atoms with Gasteiger partial charge in [-0.2, -0.15) is 0 Å². The largest absolute Gasteiger partial charge is 0.395 e. The molecule has 1 atom stereocenters. The van der Waals surface area contributed by atoms with Gasteiger partial charge in [0.05, 0.1) is 24.5 Å². The standard InChI is InChI=1S/C19H18FN3O3S/c20-14-8-4-5-9-15(14)22-17(25)12-16-18(26)23(10-11-24)19(27-16)21-13-6-2-1-3-7-13/h1-9,16,24H,10-12H2,(H,22,25)/t16-/m1/s1. The highest BCUT2D eigenvalue weighted by atomic mass is 32.2. The molecule has 1 fully saturated rings. The number of β-amino-alcohol motifs (C(OH)–C–C–N with tert-alkyl or cyclic N) is 1. The number of carbonyl (C=O) groups is 2. The van der Waals surface area contributed by atoms with Crippen LogP contribution in [0.5, 0.6) is 0 Å². The van der Waals surface area contributed by atoms with E-state index in [1.165, 1.54) is 34.9 Å². The van der Waals surface area contributed by atoms with Gasteiger partial charge in [-0.15, -0.1) is 0 Å². The average Bonchev–Trinajstić information content (AvgIpc) is 2.93. The Kier molecular flexibility index (Phi) is 6.20. The van der Waals surface area contributed by atoms with Crippen molar-refractivity contribution >= 4 is 40.1 Å². The summed E-state index contributed by atoms with van der Waals surface area (Å²) < 4.78 is 13.7. The van der Waals surface area contributed by atoms with Gasteiger partial charge in [-0.1, -0.05) is 42.1 Å². The number of amidine groups is 1. The van der Waals surface area contributed by atoms with Gasteiger partial charge in [0.25, 0.3) is 0 Å². The van der Waals surface area contributed by atoms with Crippen molar-refractivity contribution in [1.82, 2.24) is 4.90 Å². The molecule has 1 aliphatic rings. The molecule has 140 valence electrons. The Morgan fingerprint density at radius 3 is 2.59 bits per heavy atom. The Morgan fingerprint density at radius 2 is 1.89 bits per heavy atom. The minimum absolute atomic E-state index is 0.0725. The van der Waals surface area contributed by atoms with Gasteiger partial charge in [0.1, 0.15) is 11.1 Å². The van der Waals surface area contributed by atoms with E-state index in [2.05, 4.69) is 10.3 Å². The van der Waals surface area contributed by atoms with Crippen LogP contribution < -0.4 is 5.32 Å². The lowest BCUT2D eigenvalue weighted by Gasteiger charge is -2.14. The zero-order valence-electron chi connectivity index (χ0n) is 14.3. The molecular weight excluding hydrogens is 369 g/mol. The van der Waals surface area contributed by atoms with E-state index in [4.69, 9.17) is 0 Å². The molecule has 0 spiro atoms. The molecule has 2 amide bonds. The number of hydrogen-bond acceptors (Lipinski definition) is 5. The van der Waals surface area contributed by atoms with E-state index in [1.807, 2.05) is 18.2 Å². The second kappa shape index (κ2) is 8.79. The Hall–Kier alpha value is -2.71. The summed E-state index contributed by atoms with van der Waals surface area (Å²) in [5.41, 5.74) is 0.746. The molecule has 0 radical (unpaired) electrons. The number of nitrogens with one attached hydrogen (secondary N) is 1. The van der Waals surface area contributed by atoms with E-state index in [-0.39, 0.29) is 31.2 Å². The third-order valence-corrected chi connectivity index (χ3v) is 5.02. The summed E-state index contributed by atoms with van der Waals surface area (Å²) in [7, 11) is 0. The highest BCUT2D eigenvalue weighted by Crippen LogP contribution is 2.31.